The summed E-state index contributed by atoms with van der Waals surface area (Å²) in [5, 5.41) is 0. The van der Waals surface area contributed by atoms with Gasteiger partial charge in [0.05, 0.1) is 31.4 Å². The highest BCUT2D eigenvalue weighted by atomic mass is 16.5. The molecule has 1 atom stereocenters. The fourth-order valence-electron chi connectivity index (χ4n) is 3.52. The van der Waals surface area contributed by atoms with Crippen molar-refractivity contribution in [3.8, 4) is 17.0 Å². The van der Waals surface area contributed by atoms with E-state index in [0.29, 0.717) is 6.10 Å². The van der Waals surface area contributed by atoms with Gasteiger partial charge in [-0.25, -0.2) is 4.98 Å². The summed E-state index contributed by atoms with van der Waals surface area (Å²) in [5.74, 6) is 0.883. The van der Waals surface area contributed by atoms with Crippen LogP contribution in [0.15, 0.2) is 30.7 Å². The van der Waals surface area contributed by atoms with E-state index in [0.717, 1.165) is 36.7 Å². The SMILES string of the molecule is COc1ccc(CN(C)CCCC2CCCO2)cc1-c1cncn1C. The highest BCUT2D eigenvalue weighted by Crippen LogP contribution is 2.30. The second kappa shape index (κ2) is 8.50. The Bertz CT molecular complexity index is 677. The van der Waals surface area contributed by atoms with Gasteiger partial charge in [-0.1, -0.05) is 6.07 Å². The van der Waals surface area contributed by atoms with Gasteiger partial charge in [0.25, 0.3) is 0 Å². The van der Waals surface area contributed by atoms with E-state index in [1.165, 1.54) is 31.2 Å². The molecular formula is C20H29N3O2. The van der Waals surface area contributed by atoms with Crippen molar-refractivity contribution in [3.05, 3.63) is 36.3 Å². The zero-order valence-corrected chi connectivity index (χ0v) is 15.6. The molecule has 2 aromatic rings. The molecule has 2 heterocycles. The molecule has 136 valence electrons. The lowest BCUT2D eigenvalue weighted by Crippen LogP contribution is -2.20. The maximum atomic E-state index is 5.71. The van der Waals surface area contributed by atoms with Crippen LogP contribution in [0.3, 0.4) is 0 Å². The number of hydrogen-bond donors (Lipinski definition) is 0. The first-order valence-electron chi connectivity index (χ1n) is 9.11. The van der Waals surface area contributed by atoms with Gasteiger partial charge in [0.1, 0.15) is 5.75 Å². The highest BCUT2D eigenvalue weighted by molar-refractivity contribution is 5.68. The lowest BCUT2D eigenvalue weighted by molar-refractivity contribution is 0.0995. The van der Waals surface area contributed by atoms with E-state index in [1.54, 1.807) is 7.11 Å². The first-order chi connectivity index (χ1) is 12.2. The largest absolute Gasteiger partial charge is 0.496 e. The third kappa shape index (κ3) is 4.61. The van der Waals surface area contributed by atoms with E-state index in [9.17, 15) is 0 Å². The normalized spacial score (nSPS) is 17.4. The number of benzene rings is 1. The van der Waals surface area contributed by atoms with E-state index in [1.807, 2.05) is 24.1 Å². The Labute approximate surface area is 150 Å². The Morgan fingerprint density at radius 1 is 1.40 bits per heavy atom. The summed E-state index contributed by atoms with van der Waals surface area (Å²) in [6.07, 6.45) is 9.01. The Morgan fingerprint density at radius 2 is 2.28 bits per heavy atom. The predicted octanol–water partition coefficient (Wildman–Crippen LogP) is 3.49. The molecule has 0 saturated carbocycles. The average Bonchev–Trinajstić information content (AvgIpc) is 3.26. The third-order valence-corrected chi connectivity index (χ3v) is 4.90. The van der Waals surface area contributed by atoms with Crippen LogP contribution in [0.4, 0.5) is 0 Å². The molecule has 25 heavy (non-hydrogen) atoms. The van der Waals surface area contributed by atoms with Crippen LogP contribution < -0.4 is 4.74 Å². The van der Waals surface area contributed by atoms with Gasteiger partial charge in [-0.15, -0.1) is 0 Å². The van der Waals surface area contributed by atoms with E-state index >= 15 is 0 Å². The van der Waals surface area contributed by atoms with Gasteiger partial charge in [0.2, 0.25) is 0 Å². The summed E-state index contributed by atoms with van der Waals surface area (Å²) in [5.41, 5.74) is 3.45. The van der Waals surface area contributed by atoms with Crippen LogP contribution in [0.1, 0.15) is 31.2 Å². The molecule has 1 aliphatic rings. The summed E-state index contributed by atoms with van der Waals surface area (Å²) in [6, 6.07) is 6.42. The molecule has 3 rings (SSSR count). The quantitative estimate of drug-likeness (QED) is 0.736. The molecule has 0 amide bonds. The second-order valence-corrected chi connectivity index (χ2v) is 6.94. The van der Waals surface area contributed by atoms with Crippen LogP contribution in [0.2, 0.25) is 0 Å². The first kappa shape index (κ1) is 18.0. The summed E-state index contributed by atoms with van der Waals surface area (Å²) in [6.45, 7) is 2.97. The first-order valence-corrected chi connectivity index (χ1v) is 9.11. The van der Waals surface area contributed by atoms with Gasteiger partial charge in [-0.05, 0) is 57.0 Å². The van der Waals surface area contributed by atoms with Crippen molar-refractivity contribution in [1.29, 1.82) is 0 Å². The minimum atomic E-state index is 0.492. The van der Waals surface area contributed by atoms with Crippen LogP contribution in [-0.2, 0) is 18.3 Å². The molecule has 5 heteroatoms. The molecule has 0 radical (unpaired) electrons. The third-order valence-electron chi connectivity index (χ3n) is 4.90. The molecule has 1 saturated heterocycles. The number of aromatic nitrogens is 2. The maximum absolute atomic E-state index is 5.71. The van der Waals surface area contributed by atoms with Crippen LogP contribution in [0.5, 0.6) is 5.75 Å². The van der Waals surface area contributed by atoms with Crippen LogP contribution in [-0.4, -0.2) is 47.9 Å². The predicted molar refractivity (Wildman–Crippen MR) is 99.7 cm³/mol. The van der Waals surface area contributed by atoms with Gasteiger partial charge in [-0.3, -0.25) is 0 Å². The molecule has 0 N–H and O–H groups in total. The number of hydrogen-bond acceptors (Lipinski definition) is 4. The van der Waals surface area contributed by atoms with Crippen molar-refractivity contribution in [2.24, 2.45) is 7.05 Å². The van der Waals surface area contributed by atoms with Gasteiger partial charge >= 0.3 is 0 Å². The Balaban J connectivity index is 1.61. The van der Waals surface area contributed by atoms with E-state index in [2.05, 4.69) is 35.1 Å². The lowest BCUT2D eigenvalue weighted by Gasteiger charge is -2.19. The molecule has 0 bridgehead atoms. The fraction of sp³-hybridized carbons (Fsp3) is 0.550. The van der Waals surface area contributed by atoms with Gasteiger partial charge in [-0.2, -0.15) is 0 Å². The number of ether oxygens (including phenoxy) is 2. The maximum Gasteiger partial charge on any atom is 0.128 e. The molecular weight excluding hydrogens is 314 g/mol. The highest BCUT2D eigenvalue weighted by Gasteiger charge is 2.15. The van der Waals surface area contributed by atoms with Gasteiger partial charge in [0.15, 0.2) is 0 Å². The molecule has 1 unspecified atom stereocenters. The number of methoxy groups -OCH3 is 1. The van der Waals surface area contributed by atoms with E-state index in [-0.39, 0.29) is 0 Å². The number of nitrogens with zero attached hydrogens (tertiary/aromatic N) is 3. The smallest absolute Gasteiger partial charge is 0.128 e. The summed E-state index contributed by atoms with van der Waals surface area (Å²) in [4.78, 5) is 6.61. The van der Waals surface area contributed by atoms with Crippen LogP contribution in [0.25, 0.3) is 11.3 Å². The van der Waals surface area contributed by atoms with Crippen molar-refractivity contribution in [2.75, 3.05) is 27.3 Å². The van der Waals surface area contributed by atoms with Crippen molar-refractivity contribution in [3.63, 3.8) is 0 Å². The Kier molecular flexibility index (Phi) is 6.10. The van der Waals surface area contributed by atoms with Crippen molar-refractivity contribution < 1.29 is 9.47 Å². The van der Waals surface area contributed by atoms with Crippen molar-refractivity contribution >= 4 is 0 Å². The zero-order valence-electron chi connectivity index (χ0n) is 15.6. The molecule has 5 nitrogen and oxygen atoms in total. The molecule has 1 fully saturated rings. The minimum Gasteiger partial charge on any atom is -0.496 e. The average molecular weight is 343 g/mol. The van der Waals surface area contributed by atoms with E-state index in [4.69, 9.17) is 9.47 Å². The van der Waals surface area contributed by atoms with Crippen molar-refractivity contribution in [2.45, 2.75) is 38.3 Å². The Hall–Kier alpha value is -1.85. The molecule has 1 aliphatic heterocycles. The topological polar surface area (TPSA) is 39.5 Å². The molecule has 0 aliphatic carbocycles. The number of imidazole rings is 1. The molecule has 0 spiro atoms. The molecule has 1 aromatic heterocycles. The van der Waals surface area contributed by atoms with Gasteiger partial charge in [0, 0.05) is 25.8 Å². The van der Waals surface area contributed by atoms with Gasteiger partial charge < -0.3 is 18.9 Å². The summed E-state index contributed by atoms with van der Waals surface area (Å²) >= 11 is 0. The second-order valence-electron chi connectivity index (χ2n) is 6.94. The standard InChI is InChI=1S/C20H29N3O2/c1-22(10-4-6-17-7-5-11-25-17)14-16-8-9-20(24-3)18(12-16)19-13-21-15-23(19)2/h8-9,12-13,15,17H,4-7,10-11,14H2,1-3H3. The lowest BCUT2D eigenvalue weighted by atomic mass is 10.1. The zero-order chi connectivity index (χ0) is 17.6. The molecule has 1 aromatic carbocycles. The monoisotopic (exact) mass is 343 g/mol. The minimum absolute atomic E-state index is 0.492. The van der Waals surface area contributed by atoms with Crippen LogP contribution >= 0.6 is 0 Å². The Morgan fingerprint density at radius 3 is 2.96 bits per heavy atom. The van der Waals surface area contributed by atoms with Crippen molar-refractivity contribution in [1.82, 2.24) is 14.5 Å². The number of rotatable bonds is 8. The van der Waals surface area contributed by atoms with E-state index < -0.39 is 0 Å². The summed E-state index contributed by atoms with van der Waals surface area (Å²) in [7, 11) is 5.90. The fourth-order valence-corrected chi connectivity index (χ4v) is 3.52. The summed E-state index contributed by atoms with van der Waals surface area (Å²) < 4.78 is 13.3. The van der Waals surface area contributed by atoms with Crippen LogP contribution in [0, 0.1) is 0 Å². The number of aryl methyl sites for hydroxylation is 1.